The lowest BCUT2D eigenvalue weighted by atomic mass is 9.76. The summed E-state index contributed by atoms with van der Waals surface area (Å²) in [6.45, 7) is 14.4. The van der Waals surface area contributed by atoms with Crippen molar-refractivity contribution >= 4 is 17.0 Å². The van der Waals surface area contributed by atoms with E-state index in [9.17, 15) is 0 Å². The fourth-order valence-electron chi connectivity index (χ4n) is 7.14. The van der Waals surface area contributed by atoms with Crippen molar-refractivity contribution in [3.8, 4) is 0 Å². The van der Waals surface area contributed by atoms with Crippen LogP contribution in [0.15, 0.2) is 84.9 Å². The molecule has 3 heterocycles. The third-order valence-corrected chi connectivity index (χ3v) is 9.67. The third kappa shape index (κ3) is 6.26. The fraction of sp³-hybridized carbons (Fsp3) is 0.472. The Hall–Kier alpha value is -3.19. The van der Waals surface area contributed by atoms with E-state index in [1.807, 2.05) is 0 Å². The number of anilines is 1. The van der Waals surface area contributed by atoms with Crippen LogP contribution in [0.5, 0.6) is 0 Å². The van der Waals surface area contributed by atoms with E-state index in [0.29, 0.717) is 12.6 Å². The molecule has 222 valence electrons. The van der Waals surface area contributed by atoms with Crippen LogP contribution in [0.4, 0.5) is 5.95 Å². The number of hydrogen-bond acceptors (Lipinski definition) is 5. The molecule has 0 bridgehead atoms. The number of rotatable bonds is 11. The summed E-state index contributed by atoms with van der Waals surface area (Å²) in [4.78, 5) is 13.0. The Bertz CT molecular complexity index is 1410. The molecule has 1 aromatic heterocycles. The summed E-state index contributed by atoms with van der Waals surface area (Å²) < 4.78 is 8.10. The van der Waals surface area contributed by atoms with Gasteiger partial charge >= 0.3 is 0 Å². The Kier molecular flexibility index (Phi) is 9.23. The van der Waals surface area contributed by atoms with Crippen molar-refractivity contribution in [1.29, 1.82) is 0 Å². The molecule has 0 spiro atoms. The molecule has 0 N–H and O–H groups in total. The lowest BCUT2D eigenvalue weighted by molar-refractivity contribution is 0.140. The van der Waals surface area contributed by atoms with E-state index in [1.54, 1.807) is 0 Å². The molecular formula is C36H47N5O. The quantitative estimate of drug-likeness (QED) is 0.197. The van der Waals surface area contributed by atoms with Gasteiger partial charge in [0.05, 0.1) is 17.6 Å². The first kappa shape index (κ1) is 28.9. The van der Waals surface area contributed by atoms with Crippen LogP contribution in [0.3, 0.4) is 0 Å². The molecule has 3 aromatic carbocycles. The van der Waals surface area contributed by atoms with E-state index >= 15 is 0 Å². The highest BCUT2D eigenvalue weighted by Crippen LogP contribution is 2.41. The van der Waals surface area contributed by atoms with Gasteiger partial charge in [-0.1, -0.05) is 72.8 Å². The van der Waals surface area contributed by atoms with Gasteiger partial charge in [0.1, 0.15) is 0 Å². The van der Waals surface area contributed by atoms with Crippen molar-refractivity contribution < 1.29 is 4.74 Å². The largest absolute Gasteiger partial charge is 0.380 e. The van der Waals surface area contributed by atoms with E-state index in [2.05, 4.69) is 118 Å². The first-order valence-corrected chi connectivity index (χ1v) is 16.0. The SMILES string of the molecule is CCOCCn1c(N2CCCN(CCC3(c4ccccc4)CCN(C(C)c4ccccc4)C3)CC2)nc2ccccc21. The normalized spacial score (nSPS) is 21.1. The third-order valence-electron chi connectivity index (χ3n) is 9.67. The number of benzene rings is 3. The number of para-hydroxylation sites is 2. The second-order valence-corrected chi connectivity index (χ2v) is 12.1. The van der Waals surface area contributed by atoms with Gasteiger partial charge in [0.15, 0.2) is 0 Å². The van der Waals surface area contributed by atoms with Gasteiger partial charge in [-0.25, -0.2) is 4.98 Å². The molecule has 0 saturated carbocycles. The van der Waals surface area contributed by atoms with E-state index in [4.69, 9.17) is 9.72 Å². The number of aromatic nitrogens is 2. The van der Waals surface area contributed by atoms with E-state index in [-0.39, 0.29) is 5.41 Å². The van der Waals surface area contributed by atoms with Crippen molar-refractivity contribution in [3.63, 3.8) is 0 Å². The zero-order chi connectivity index (χ0) is 28.8. The van der Waals surface area contributed by atoms with Gasteiger partial charge in [0.2, 0.25) is 5.95 Å². The summed E-state index contributed by atoms with van der Waals surface area (Å²) in [5.41, 5.74) is 5.40. The van der Waals surface area contributed by atoms with Crippen LogP contribution in [0.25, 0.3) is 11.0 Å². The van der Waals surface area contributed by atoms with Crippen molar-refractivity contribution in [2.45, 2.75) is 51.1 Å². The van der Waals surface area contributed by atoms with Crippen LogP contribution < -0.4 is 4.90 Å². The maximum absolute atomic E-state index is 5.73. The molecule has 2 aliphatic heterocycles. The number of likely N-dealkylation sites (tertiary alicyclic amines) is 1. The van der Waals surface area contributed by atoms with Crippen molar-refractivity contribution in [1.82, 2.24) is 19.4 Å². The summed E-state index contributed by atoms with van der Waals surface area (Å²) in [6, 6.07) is 31.3. The van der Waals surface area contributed by atoms with Crippen molar-refractivity contribution in [2.24, 2.45) is 0 Å². The molecule has 6 heteroatoms. The van der Waals surface area contributed by atoms with Crippen LogP contribution in [0, 0.1) is 0 Å². The summed E-state index contributed by atoms with van der Waals surface area (Å²) in [7, 11) is 0. The van der Waals surface area contributed by atoms with E-state index < -0.39 is 0 Å². The topological polar surface area (TPSA) is 36.8 Å². The lowest BCUT2D eigenvalue weighted by Crippen LogP contribution is -2.38. The smallest absolute Gasteiger partial charge is 0.206 e. The first-order valence-electron chi connectivity index (χ1n) is 16.0. The lowest BCUT2D eigenvalue weighted by Gasteiger charge is -2.34. The Morgan fingerprint density at radius 1 is 0.833 bits per heavy atom. The van der Waals surface area contributed by atoms with Crippen LogP contribution in [-0.4, -0.2) is 78.4 Å². The molecule has 2 fully saturated rings. The van der Waals surface area contributed by atoms with Gasteiger partial charge in [-0.2, -0.15) is 0 Å². The Balaban J connectivity index is 1.14. The standard InChI is InChI=1S/C36H47N5O/c1-3-42-28-27-41-34-18-11-10-17-33(34)37-35(41)39-22-12-21-38(25-26-39)23-19-36(32-15-8-5-9-16-32)20-24-40(29-36)30(2)31-13-6-4-7-14-31/h4-11,13-18,30H,3,12,19-29H2,1-2H3. The van der Waals surface area contributed by atoms with Crippen LogP contribution in [0.2, 0.25) is 0 Å². The summed E-state index contributed by atoms with van der Waals surface area (Å²) in [5, 5.41) is 0. The highest BCUT2D eigenvalue weighted by molar-refractivity contribution is 5.78. The fourth-order valence-corrected chi connectivity index (χ4v) is 7.14. The summed E-state index contributed by atoms with van der Waals surface area (Å²) >= 11 is 0. The Labute approximate surface area is 251 Å². The summed E-state index contributed by atoms with van der Waals surface area (Å²) in [6.07, 6.45) is 3.57. The molecule has 2 unspecified atom stereocenters. The second kappa shape index (κ2) is 13.4. The number of ether oxygens (including phenoxy) is 1. The van der Waals surface area contributed by atoms with Gasteiger partial charge in [0.25, 0.3) is 0 Å². The highest BCUT2D eigenvalue weighted by Gasteiger charge is 2.41. The van der Waals surface area contributed by atoms with E-state index in [1.165, 1.54) is 29.5 Å². The Morgan fingerprint density at radius 3 is 2.40 bits per heavy atom. The first-order chi connectivity index (χ1) is 20.7. The maximum Gasteiger partial charge on any atom is 0.206 e. The van der Waals surface area contributed by atoms with E-state index in [0.717, 1.165) is 76.9 Å². The molecule has 0 aliphatic carbocycles. The molecular weight excluding hydrogens is 518 g/mol. The predicted molar refractivity (Wildman–Crippen MR) is 173 cm³/mol. The second-order valence-electron chi connectivity index (χ2n) is 12.1. The van der Waals surface area contributed by atoms with Crippen molar-refractivity contribution in [3.05, 3.63) is 96.1 Å². The van der Waals surface area contributed by atoms with Crippen LogP contribution >= 0.6 is 0 Å². The molecule has 0 amide bonds. The molecule has 2 saturated heterocycles. The van der Waals surface area contributed by atoms with Gasteiger partial charge in [-0.3, -0.25) is 4.90 Å². The summed E-state index contributed by atoms with van der Waals surface area (Å²) in [5.74, 6) is 1.10. The van der Waals surface area contributed by atoms with Gasteiger partial charge < -0.3 is 19.1 Å². The average molecular weight is 566 g/mol. The molecule has 42 heavy (non-hydrogen) atoms. The van der Waals surface area contributed by atoms with Gasteiger partial charge in [-0.15, -0.1) is 0 Å². The zero-order valence-electron chi connectivity index (χ0n) is 25.5. The van der Waals surface area contributed by atoms with Crippen LogP contribution in [-0.2, 0) is 16.7 Å². The molecule has 2 atom stereocenters. The minimum atomic E-state index is 0.198. The average Bonchev–Trinajstić information content (AvgIpc) is 3.56. The van der Waals surface area contributed by atoms with Crippen molar-refractivity contribution in [2.75, 3.05) is 63.9 Å². The maximum atomic E-state index is 5.73. The van der Waals surface area contributed by atoms with Crippen LogP contribution in [0.1, 0.15) is 50.3 Å². The number of hydrogen-bond donors (Lipinski definition) is 0. The molecule has 2 aliphatic rings. The number of fused-ring (bicyclic) bond motifs is 1. The molecule has 0 radical (unpaired) electrons. The van der Waals surface area contributed by atoms with Gasteiger partial charge in [0, 0.05) is 50.8 Å². The minimum absolute atomic E-state index is 0.198. The monoisotopic (exact) mass is 565 g/mol. The molecule has 6 nitrogen and oxygen atoms in total. The highest BCUT2D eigenvalue weighted by atomic mass is 16.5. The molecule has 4 aromatic rings. The zero-order valence-corrected chi connectivity index (χ0v) is 25.5. The number of nitrogens with zero attached hydrogens (tertiary/aromatic N) is 5. The Morgan fingerprint density at radius 2 is 1.60 bits per heavy atom. The number of imidazole rings is 1. The minimum Gasteiger partial charge on any atom is -0.380 e. The van der Waals surface area contributed by atoms with Gasteiger partial charge in [-0.05, 0) is 76.0 Å². The predicted octanol–water partition coefficient (Wildman–Crippen LogP) is 6.38. The molecule has 6 rings (SSSR count).